The molecule has 0 spiro atoms. The Kier molecular flexibility index (Phi) is 6.83. The largest absolute Gasteiger partial charge is 0.507 e. The van der Waals surface area contributed by atoms with Crippen molar-refractivity contribution in [3.63, 3.8) is 0 Å². The minimum Gasteiger partial charge on any atom is -0.507 e. The number of halogens is 2. The smallest absolute Gasteiger partial charge is 0.197 e. The van der Waals surface area contributed by atoms with Gasteiger partial charge in [0.2, 0.25) is 0 Å². The van der Waals surface area contributed by atoms with Gasteiger partial charge in [0.05, 0.1) is 10.0 Å². The van der Waals surface area contributed by atoms with Gasteiger partial charge in [0, 0.05) is 22.8 Å². The molecule has 0 aliphatic carbocycles. The first-order valence-electron chi connectivity index (χ1n) is 9.85. The molecule has 0 aliphatic rings. The van der Waals surface area contributed by atoms with Crippen LogP contribution in [0.15, 0.2) is 56.8 Å². The van der Waals surface area contributed by atoms with Crippen LogP contribution in [-0.2, 0) is 12.8 Å². The summed E-state index contributed by atoms with van der Waals surface area (Å²) in [5, 5.41) is 22.6. The van der Waals surface area contributed by atoms with Gasteiger partial charge < -0.3 is 14.6 Å². The van der Waals surface area contributed by atoms with Gasteiger partial charge in [0.25, 0.3) is 0 Å². The molecule has 1 heterocycles. The van der Waals surface area contributed by atoms with E-state index >= 15 is 0 Å². The standard InChI is InChI=1S/C25H24Cl2O4/c1-13(2)5-8-16-23(29)17(9-6-14(3)4)25-22(24(16)30)20(28)12-21(31-25)15-7-10-18(26)19(27)11-15/h5-7,10-12,29-30H,8-9H2,1-4H3. The first-order chi connectivity index (χ1) is 14.6. The molecule has 162 valence electrons. The lowest BCUT2D eigenvalue weighted by Gasteiger charge is -2.15. The van der Waals surface area contributed by atoms with Crippen molar-refractivity contribution in [2.24, 2.45) is 0 Å². The number of benzene rings is 2. The number of aromatic hydroxyl groups is 2. The van der Waals surface area contributed by atoms with Crippen LogP contribution in [0.5, 0.6) is 11.5 Å². The molecule has 0 radical (unpaired) electrons. The van der Waals surface area contributed by atoms with Crippen LogP contribution in [0.1, 0.15) is 38.8 Å². The van der Waals surface area contributed by atoms with Crippen molar-refractivity contribution in [2.75, 3.05) is 0 Å². The van der Waals surface area contributed by atoms with E-state index in [1.807, 2.05) is 39.8 Å². The molecule has 1 aromatic heterocycles. The lowest BCUT2D eigenvalue weighted by Crippen LogP contribution is -2.05. The van der Waals surface area contributed by atoms with Crippen molar-refractivity contribution in [3.8, 4) is 22.8 Å². The van der Waals surface area contributed by atoms with E-state index in [0.29, 0.717) is 39.6 Å². The molecular weight excluding hydrogens is 435 g/mol. The van der Waals surface area contributed by atoms with E-state index in [4.69, 9.17) is 27.6 Å². The van der Waals surface area contributed by atoms with E-state index in [0.717, 1.165) is 11.1 Å². The van der Waals surface area contributed by atoms with Crippen LogP contribution >= 0.6 is 23.2 Å². The molecule has 3 aromatic rings. The summed E-state index contributed by atoms with van der Waals surface area (Å²) >= 11 is 12.1. The molecule has 0 saturated heterocycles. The molecular formula is C25H24Cl2O4. The number of phenolic OH excluding ortho intramolecular Hbond substituents is 2. The van der Waals surface area contributed by atoms with Gasteiger partial charge >= 0.3 is 0 Å². The second-order valence-corrected chi connectivity index (χ2v) is 8.75. The fourth-order valence-corrected chi connectivity index (χ4v) is 3.57. The maximum Gasteiger partial charge on any atom is 0.197 e. The molecule has 0 saturated carbocycles. The lowest BCUT2D eigenvalue weighted by molar-refractivity contribution is 0.438. The Bertz CT molecular complexity index is 1280. The summed E-state index contributed by atoms with van der Waals surface area (Å²) in [7, 11) is 0. The third-order valence-corrected chi connectivity index (χ3v) is 5.69. The van der Waals surface area contributed by atoms with Crippen LogP contribution in [0.4, 0.5) is 0 Å². The van der Waals surface area contributed by atoms with Crippen LogP contribution in [0.2, 0.25) is 10.0 Å². The molecule has 2 N–H and O–H groups in total. The monoisotopic (exact) mass is 458 g/mol. The first kappa shape index (κ1) is 23.0. The Labute approximate surface area is 191 Å². The molecule has 0 amide bonds. The van der Waals surface area contributed by atoms with Crippen molar-refractivity contribution in [3.05, 3.63) is 79.0 Å². The lowest BCUT2D eigenvalue weighted by atomic mass is 9.96. The van der Waals surface area contributed by atoms with Crippen LogP contribution in [0.3, 0.4) is 0 Å². The SMILES string of the molecule is CC(C)=CCc1c(O)c(CC=C(C)C)c2oc(-c3ccc(Cl)c(Cl)c3)cc(=O)c2c1O. The second kappa shape index (κ2) is 9.21. The summed E-state index contributed by atoms with van der Waals surface area (Å²) in [4.78, 5) is 13.0. The zero-order valence-corrected chi connectivity index (χ0v) is 19.4. The Balaban J connectivity index is 2.36. The van der Waals surface area contributed by atoms with Crippen molar-refractivity contribution >= 4 is 34.2 Å². The molecule has 31 heavy (non-hydrogen) atoms. The maximum absolute atomic E-state index is 13.0. The number of phenols is 2. The molecule has 0 bridgehead atoms. The van der Waals surface area contributed by atoms with Gasteiger partial charge in [0.15, 0.2) is 5.43 Å². The third-order valence-electron chi connectivity index (χ3n) is 4.95. The number of allylic oxidation sites excluding steroid dienone is 4. The summed E-state index contributed by atoms with van der Waals surface area (Å²) in [6, 6.07) is 6.22. The highest BCUT2D eigenvalue weighted by atomic mass is 35.5. The van der Waals surface area contributed by atoms with Crippen LogP contribution in [0.25, 0.3) is 22.3 Å². The summed E-state index contributed by atoms with van der Waals surface area (Å²) in [6.45, 7) is 7.75. The number of hydrogen-bond donors (Lipinski definition) is 2. The predicted octanol–water partition coefficient (Wildman–Crippen LogP) is 7.20. The van der Waals surface area contributed by atoms with Gasteiger partial charge in [-0.15, -0.1) is 0 Å². The summed E-state index contributed by atoms with van der Waals surface area (Å²) in [5.74, 6) is -0.0693. The normalized spacial score (nSPS) is 10.9. The molecule has 0 unspecified atom stereocenters. The Morgan fingerprint density at radius 1 is 0.903 bits per heavy atom. The van der Waals surface area contributed by atoms with E-state index in [9.17, 15) is 15.0 Å². The number of fused-ring (bicyclic) bond motifs is 1. The van der Waals surface area contributed by atoms with E-state index in [1.165, 1.54) is 6.07 Å². The van der Waals surface area contributed by atoms with Crippen molar-refractivity contribution < 1.29 is 14.6 Å². The zero-order chi connectivity index (χ0) is 22.9. The quantitative estimate of drug-likeness (QED) is 0.396. The van der Waals surface area contributed by atoms with Gasteiger partial charge in [-0.05, 0) is 58.7 Å². The highest BCUT2D eigenvalue weighted by Gasteiger charge is 2.23. The first-order valence-corrected chi connectivity index (χ1v) is 10.6. The van der Waals surface area contributed by atoms with E-state index in [2.05, 4.69) is 0 Å². The molecule has 6 heteroatoms. The topological polar surface area (TPSA) is 70.7 Å². The average molecular weight is 459 g/mol. The average Bonchev–Trinajstić information content (AvgIpc) is 2.68. The number of hydrogen-bond acceptors (Lipinski definition) is 4. The van der Waals surface area contributed by atoms with Crippen LogP contribution in [-0.4, -0.2) is 10.2 Å². The molecule has 3 rings (SSSR count). The van der Waals surface area contributed by atoms with Gasteiger partial charge in [-0.2, -0.15) is 0 Å². The van der Waals surface area contributed by atoms with Gasteiger partial charge in [-0.3, -0.25) is 4.79 Å². The van der Waals surface area contributed by atoms with E-state index in [-0.39, 0.29) is 28.2 Å². The number of rotatable bonds is 5. The van der Waals surface area contributed by atoms with Crippen molar-refractivity contribution in [1.29, 1.82) is 0 Å². The molecule has 2 aromatic carbocycles. The second-order valence-electron chi connectivity index (χ2n) is 7.93. The highest BCUT2D eigenvalue weighted by Crippen LogP contribution is 2.41. The molecule has 0 atom stereocenters. The fraction of sp³-hybridized carbons (Fsp3) is 0.240. The summed E-state index contributed by atoms with van der Waals surface area (Å²) in [5.41, 5.74) is 3.15. The van der Waals surface area contributed by atoms with Crippen molar-refractivity contribution in [1.82, 2.24) is 0 Å². The van der Waals surface area contributed by atoms with Gasteiger partial charge in [-0.1, -0.05) is 46.5 Å². The predicted molar refractivity (Wildman–Crippen MR) is 128 cm³/mol. The Morgan fingerprint density at radius 3 is 2.10 bits per heavy atom. The minimum atomic E-state index is -0.406. The van der Waals surface area contributed by atoms with Gasteiger partial charge in [0.1, 0.15) is 28.2 Å². The van der Waals surface area contributed by atoms with E-state index < -0.39 is 5.43 Å². The fourth-order valence-electron chi connectivity index (χ4n) is 3.27. The third kappa shape index (κ3) is 4.81. The zero-order valence-electron chi connectivity index (χ0n) is 17.8. The summed E-state index contributed by atoms with van der Waals surface area (Å²) < 4.78 is 6.06. The Hall–Kier alpha value is -2.69. The van der Waals surface area contributed by atoms with Crippen LogP contribution in [0, 0.1) is 0 Å². The Morgan fingerprint density at radius 2 is 1.52 bits per heavy atom. The van der Waals surface area contributed by atoms with Crippen LogP contribution < -0.4 is 5.43 Å². The minimum absolute atomic E-state index is 0.0518. The molecule has 0 fully saturated rings. The maximum atomic E-state index is 13.0. The molecule has 0 aliphatic heterocycles. The van der Waals surface area contributed by atoms with E-state index in [1.54, 1.807) is 18.2 Å². The van der Waals surface area contributed by atoms with Gasteiger partial charge in [-0.25, -0.2) is 0 Å². The highest BCUT2D eigenvalue weighted by molar-refractivity contribution is 6.42. The van der Waals surface area contributed by atoms with Crippen molar-refractivity contribution in [2.45, 2.75) is 40.5 Å². The summed E-state index contributed by atoms with van der Waals surface area (Å²) in [6.07, 6.45) is 4.46. The molecule has 4 nitrogen and oxygen atoms in total.